The Morgan fingerprint density at radius 2 is 2.25 bits per heavy atom. The maximum absolute atomic E-state index is 12.3. The molecule has 0 spiro atoms. The fraction of sp³-hybridized carbons (Fsp3) is 0.294. The Morgan fingerprint density at radius 1 is 1.42 bits per heavy atom. The van der Waals surface area contributed by atoms with Gasteiger partial charge in [0.15, 0.2) is 0 Å². The standard InChI is InChI=1S/C17H18N4O2S/c1-24(22,23)21-12-15-7-13(9-18)4-5-17(15)20-11-16(21)8-14-3-2-6-19-10-14/h2-7,10,16,20H,8,11-12H2,1H3. The van der Waals surface area contributed by atoms with Crippen LogP contribution in [-0.4, -0.2) is 36.5 Å². The molecule has 0 saturated carbocycles. The Morgan fingerprint density at radius 3 is 2.92 bits per heavy atom. The Balaban J connectivity index is 1.95. The van der Waals surface area contributed by atoms with Crippen molar-refractivity contribution in [2.75, 3.05) is 18.1 Å². The molecule has 7 heteroatoms. The van der Waals surface area contributed by atoms with Gasteiger partial charge in [0.25, 0.3) is 0 Å². The van der Waals surface area contributed by atoms with Crippen LogP contribution in [0.2, 0.25) is 0 Å². The van der Waals surface area contributed by atoms with Gasteiger partial charge in [-0.2, -0.15) is 9.57 Å². The van der Waals surface area contributed by atoms with Crippen LogP contribution in [0.3, 0.4) is 0 Å². The average molecular weight is 342 g/mol. The van der Waals surface area contributed by atoms with Crippen LogP contribution in [-0.2, 0) is 23.0 Å². The number of hydrogen-bond donors (Lipinski definition) is 1. The van der Waals surface area contributed by atoms with Crippen molar-refractivity contribution in [3.63, 3.8) is 0 Å². The number of nitrogens with zero attached hydrogens (tertiary/aromatic N) is 3. The van der Waals surface area contributed by atoms with Crippen LogP contribution >= 0.6 is 0 Å². The predicted octanol–water partition coefficient (Wildman–Crippen LogP) is 1.75. The van der Waals surface area contributed by atoms with Crippen molar-refractivity contribution in [2.24, 2.45) is 0 Å². The molecular formula is C17H18N4O2S. The molecule has 1 aromatic heterocycles. The summed E-state index contributed by atoms with van der Waals surface area (Å²) in [6, 6.07) is 11.0. The van der Waals surface area contributed by atoms with Crippen molar-refractivity contribution in [3.8, 4) is 6.07 Å². The van der Waals surface area contributed by atoms with E-state index < -0.39 is 10.0 Å². The van der Waals surface area contributed by atoms with E-state index in [-0.39, 0.29) is 12.6 Å². The number of nitriles is 1. The predicted molar refractivity (Wildman–Crippen MR) is 91.8 cm³/mol. The van der Waals surface area contributed by atoms with E-state index in [2.05, 4.69) is 16.4 Å². The monoisotopic (exact) mass is 342 g/mol. The van der Waals surface area contributed by atoms with Gasteiger partial charge in [-0.15, -0.1) is 0 Å². The van der Waals surface area contributed by atoms with E-state index in [4.69, 9.17) is 5.26 Å². The smallest absolute Gasteiger partial charge is 0.211 e. The van der Waals surface area contributed by atoms with Crippen LogP contribution in [0.25, 0.3) is 0 Å². The molecule has 0 bridgehead atoms. The number of nitrogens with one attached hydrogen (secondary N) is 1. The molecule has 6 nitrogen and oxygen atoms in total. The van der Waals surface area contributed by atoms with E-state index >= 15 is 0 Å². The highest BCUT2D eigenvalue weighted by atomic mass is 32.2. The highest BCUT2D eigenvalue weighted by Gasteiger charge is 2.30. The summed E-state index contributed by atoms with van der Waals surface area (Å²) in [5.41, 5.74) is 3.20. The summed E-state index contributed by atoms with van der Waals surface area (Å²) in [5.74, 6) is 0. The van der Waals surface area contributed by atoms with Gasteiger partial charge >= 0.3 is 0 Å². The zero-order chi connectivity index (χ0) is 17.2. The zero-order valence-electron chi connectivity index (χ0n) is 13.3. The van der Waals surface area contributed by atoms with Gasteiger partial charge in [0, 0.05) is 37.2 Å². The van der Waals surface area contributed by atoms with E-state index in [0.29, 0.717) is 18.5 Å². The van der Waals surface area contributed by atoms with Gasteiger partial charge in [-0.05, 0) is 41.8 Å². The second-order valence-electron chi connectivity index (χ2n) is 5.89. The van der Waals surface area contributed by atoms with E-state index in [1.807, 2.05) is 18.2 Å². The molecule has 1 aromatic carbocycles. The molecule has 2 aromatic rings. The van der Waals surface area contributed by atoms with Crippen molar-refractivity contribution in [1.82, 2.24) is 9.29 Å². The molecule has 24 heavy (non-hydrogen) atoms. The van der Waals surface area contributed by atoms with Crippen molar-refractivity contribution >= 4 is 15.7 Å². The van der Waals surface area contributed by atoms with Crippen molar-refractivity contribution in [1.29, 1.82) is 5.26 Å². The topological polar surface area (TPSA) is 86.1 Å². The molecule has 3 rings (SSSR count). The number of aromatic nitrogens is 1. The van der Waals surface area contributed by atoms with Crippen molar-refractivity contribution in [3.05, 3.63) is 59.4 Å². The third kappa shape index (κ3) is 3.55. The van der Waals surface area contributed by atoms with Gasteiger partial charge in [-0.25, -0.2) is 8.42 Å². The fourth-order valence-corrected chi connectivity index (χ4v) is 4.01. The van der Waals surface area contributed by atoms with Crippen LogP contribution < -0.4 is 5.32 Å². The number of pyridine rings is 1. The van der Waals surface area contributed by atoms with Gasteiger partial charge in [0.05, 0.1) is 17.9 Å². The molecule has 0 radical (unpaired) electrons. The summed E-state index contributed by atoms with van der Waals surface area (Å²) >= 11 is 0. The molecule has 124 valence electrons. The highest BCUT2D eigenvalue weighted by molar-refractivity contribution is 7.88. The minimum Gasteiger partial charge on any atom is -0.383 e. The molecule has 0 fully saturated rings. The number of benzene rings is 1. The van der Waals surface area contributed by atoms with E-state index in [0.717, 1.165) is 16.8 Å². The van der Waals surface area contributed by atoms with E-state index in [1.54, 1.807) is 24.5 Å². The molecule has 1 N–H and O–H groups in total. The van der Waals surface area contributed by atoms with Gasteiger partial charge < -0.3 is 5.32 Å². The highest BCUT2D eigenvalue weighted by Crippen LogP contribution is 2.26. The zero-order valence-corrected chi connectivity index (χ0v) is 14.1. The lowest BCUT2D eigenvalue weighted by atomic mass is 10.1. The minimum absolute atomic E-state index is 0.220. The molecule has 1 aliphatic heterocycles. The summed E-state index contributed by atoms with van der Waals surface area (Å²) in [4.78, 5) is 4.10. The fourth-order valence-electron chi connectivity index (χ4n) is 2.95. The maximum atomic E-state index is 12.3. The Bertz CT molecular complexity index is 875. The number of hydrogen-bond acceptors (Lipinski definition) is 5. The number of fused-ring (bicyclic) bond motifs is 1. The lowest BCUT2D eigenvalue weighted by Crippen LogP contribution is -2.42. The lowest BCUT2D eigenvalue weighted by molar-refractivity contribution is 0.328. The Kier molecular flexibility index (Phi) is 4.51. The average Bonchev–Trinajstić information content (AvgIpc) is 2.75. The molecule has 2 heterocycles. The molecule has 0 amide bonds. The summed E-state index contributed by atoms with van der Waals surface area (Å²) in [6.07, 6.45) is 5.25. The summed E-state index contributed by atoms with van der Waals surface area (Å²) < 4.78 is 26.1. The van der Waals surface area contributed by atoms with Crippen LogP contribution in [0.5, 0.6) is 0 Å². The largest absolute Gasteiger partial charge is 0.383 e. The van der Waals surface area contributed by atoms with E-state index in [1.165, 1.54) is 10.6 Å². The molecular weight excluding hydrogens is 324 g/mol. The molecule has 0 saturated heterocycles. The van der Waals surface area contributed by atoms with Gasteiger partial charge in [-0.1, -0.05) is 6.07 Å². The summed E-state index contributed by atoms with van der Waals surface area (Å²) in [5, 5.41) is 12.4. The quantitative estimate of drug-likeness (QED) is 0.918. The van der Waals surface area contributed by atoms with Crippen molar-refractivity contribution in [2.45, 2.75) is 19.0 Å². The third-order valence-electron chi connectivity index (χ3n) is 4.12. The lowest BCUT2D eigenvalue weighted by Gasteiger charge is -2.27. The maximum Gasteiger partial charge on any atom is 0.211 e. The van der Waals surface area contributed by atoms with Crippen molar-refractivity contribution < 1.29 is 8.42 Å². The van der Waals surface area contributed by atoms with Crippen LogP contribution in [0.1, 0.15) is 16.7 Å². The molecule has 1 atom stereocenters. The third-order valence-corrected chi connectivity index (χ3v) is 5.40. The number of anilines is 1. The Hall–Kier alpha value is -2.43. The first-order valence-corrected chi connectivity index (χ1v) is 9.45. The molecule has 1 unspecified atom stereocenters. The summed E-state index contributed by atoms with van der Waals surface area (Å²) in [6.45, 7) is 0.752. The minimum atomic E-state index is -3.39. The first kappa shape index (κ1) is 16.4. The Labute approximate surface area is 141 Å². The first-order chi connectivity index (χ1) is 11.5. The normalized spacial score (nSPS) is 18.1. The number of sulfonamides is 1. The number of rotatable bonds is 3. The summed E-state index contributed by atoms with van der Waals surface area (Å²) in [7, 11) is -3.39. The van der Waals surface area contributed by atoms with Gasteiger partial charge in [-0.3, -0.25) is 4.98 Å². The molecule has 1 aliphatic rings. The van der Waals surface area contributed by atoms with Gasteiger partial charge in [0.1, 0.15) is 0 Å². The van der Waals surface area contributed by atoms with Gasteiger partial charge in [0.2, 0.25) is 10.0 Å². The van der Waals surface area contributed by atoms with E-state index in [9.17, 15) is 8.42 Å². The second kappa shape index (κ2) is 6.59. The second-order valence-corrected chi connectivity index (χ2v) is 7.83. The molecule has 0 aliphatic carbocycles. The van der Waals surface area contributed by atoms with Crippen LogP contribution in [0, 0.1) is 11.3 Å². The van der Waals surface area contributed by atoms with Crippen LogP contribution in [0.4, 0.5) is 5.69 Å². The van der Waals surface area contributed by atoms with Crippen LogP contribution in [0.15, 0.2) is 42.7 Å². The SMILES string of the molecule is CS(=O)(=O)N1Cc2cc(C#N)ccc2NCC1Cc1cccnc1. The first-order valence-electron chi connectivity index (χ1n) is 7.60.